The molecule has 2 aromatic rings. The zero-order chi connectivity index (χ0) is 24.0. The highest BCUT2D eigenvalue weighted by molar-refractivity contribution is 5.96. The zero-order valence-corrected chi connectivity index (χ0v) is 19.3. The zero-order valence-electron chi connectivity index (χ0n) is 19.3. The number of hydrogen-bond donors (Lipinski definition) is 2. The number of nitrogens with zero attached hydrogens (tertiary/aromatic N) is 4. The van der Waals surface area contributed by atoms with Crippen LogP contribution < -0.4 is 26.8 Å². The summed E-state index contributed by atoms with van der Waals surface area (Å²) in [5, 5.41) is 0. The summed E-state index contributed by atoms with van der Waals surface area (Å²) < 4.78 is 14.5. The average Bonchev–Trinajstić information content (AvgIpc) is 2.79. The van der Waals surface area contributed by atoms with E-state index in [1.165, 1.54) is 21.6 Å². The predicted octanol–water partition coefficient (Wildman–Crippen LogP) is 1.62. The first-order valence-corrected chi connectivity index (χ1v) is 11.5. The van der Waals surface area contributed by atoms with Crippen LogP contribution in [0.5, 0.6) is 0 Å². The SMILES string of the molecule is CCCCN(C(=O)CN1CCN(c2ccc(F)cc2)CC1)c1c(N)n(CCC)c(=O)[nH]c1=O. The largest absolute Gasteiger partial charge is 0.383 e. The molecule has 1 aliphatic rings. The number of H-pyrrole nitrogens is 1. The molecule has 10 heteroatoms. The normalized spacial score (nSPS) is 14.5. The molecule has 1 saturated heterocycles. The summed E-state index contributed by atoms with van der Waals surface area (Å²) in [6.07, 6.45) is 2.21. The van der Waals surface area contributed by atoms with Crippen LogP contribution >= 0.6 is 0 Å². The van der Waals surface area contributed by atoms with Crippen molar-refractivity contribution in [2.24, 2.45) is 0 Å². The maximum absolute atomic E-state index is 13.3. The molecule has 0 atom stereocenters. The van der Waals surface area contributed by atoms with Crippen molar-refractivity contribution in [2.45, 2.75) is 39.7 Å². The highest BCUT2D eigenvalue weighted by atomic mass is 19.1. The molecule has 180 valence electrons. The van der Waals surface area contributed by atoms with Crippen molar-refractivity contribution in [2.75, 3.05) is 54.8 Å². The summed E-state index contributed by atoms with van der Waals surface area (Å²) in [4.78, 5) is 46.1. The highest BCUT2D eigenvalue weighted by Crippen LogP contribution is 2.20. The maximum Gasteiger partial charge on any atom is 0.330 e. The van der Waals surface area contributed by atoms with Gasteiger partial charge in [-0.25, -0.2) is 9.18 Å². The number of nitrogens with one attached hydrogen (secondary N) is 1. The molecule has 0 unspecified atom stereocenters. The Morgan fingerprint density at radius 2 is 1.76 bits per heavy atom. The van der Waals surface area contributed by atoms with Crippen LogP contribution in [-0.4, -0.2) is 59.6 Å². The van der Waals surface area contributed by atoms with Crippen LogP contribution in [0, 0.1) is 5.82 Å². The number of anilines is 3. The minimum Gasteiger partial charge on any atom is -0.383 e. The number of carbonyl (C=O) groups excluding carboxylic acids is 1. The quantitative estimate of drug-likeness (QED) is 0.589. The van der Waals surface area contributed by atoms with E-state index in [1.54, 1.807) is 12.1 Å². The molecule has 1 amide bonds. The molecule has 3 N–H and O–H groups in total. The second-order valence-corrected chi connectivity index (χ2v) is 8.28. The molecule has 0 aliphatic carbocycles. The number of benzene rings is 1. The summed E-state index contributed by atoms with van der Waals surface area (Å²) in [6, 6.07) is 6.39. The minimum atomic E-state index is -0.643. The molecular formula is C23H33FN6O3. The van der Waals surface area contributed by atoms with E-state index in [0.29, 0.717) is 52.1 Å². The van der Waals surface area contributed by atoms with Gasteiger partial charge in [-0.1, -0.05) is 20.3 Å². The summed E-state index contributed by atoms with van der Waals surface area (Å²) in [6.45, 7) is 7.49. The van der Waals surface area contributed by atoms with Crippen LogP contribution in [0.25, 0.3) is 0 Å². The van der Waals surface area contributed by atoms with E-state index in [-0.39, 0.29) is 29.8 Å². The van der Waals surface area contributed by atoms with Crippen LogP contribution in [0.15, 0.2) is 33.9 Å². The molecule has 33 heavy (non-hydrogen) atoms. The summed E-state index contributed by atoms with van der Waals surface area (Å²) in [5.41, 5.74) is 6.00. The number of carbonyl (C=O) groups is 1. The fourth-order valence-electron chi connectivity index (χ4n) is 4.05. The fraction of sp³-hybridized carbons (Fsp3) is 0.522. The minimum absolute atomic E-state index is 0.0242. The molecule has 1 aromatic heterocycles. The molecule has 2 heterocycles. The van der Waals surface area contributed by atoms with Gasteiger partial charge in [-0.3, -0.25) is 24.0 Å². The third-order valence-corrected chi connectivity index (χ3v) is 5.89. The van der Waals surface area contributed by atoms with Gasteiger partial charge in [-0.2, -0.15) is 0 Å². The molecule has 9 nitrogen and oxygen atoms in total. The average molecular weight is 461 g/mol. The van der Waals surface area contributed by atoms with Crippen molar-refractivity contribution in [3.8, 4) is 0 Å². The lowest BCUT2D eigenvalue weighted by molar-refractivity contribution is -0.119. The molecule has 3 rings (SSSR count). The highest BCUT2D eigenvalue weighted by Gasteiger charge is 2.27. The first-order chi connectivity index (χ1) is 15.8. The molecular weight excluding hydrogens is 427 g/mol. The number of amides is 1. The Morgan fingerprint density at radius 3 is 2.36 bits per heavy atom. The predicted molar refractivity (Wildman–Crippen MR) is 128 cm³/mol. The van der Waals surface area contributed by atoms with Crippen LogP contribution in [0.1, 0.15) is 33.1 Å². The van der Waals surface area contributed by atoms with Crippen LogP contribution in [0.2, 0.25) is 0 Å². The van der Waals surface area contributed by atoms with Gasteiger partial charge < -0.3 is 15.5 Å². The van der Waals surface area contributed by atoms with Crippen molar-refractivity contribution >= 4 is 23.1 Å². The molecule has 1 aromatic carbocycles. The van der Waals surface area contributed by atoms with Crippen molar-refractivity contribution < 1.29 is 9.18 Å². The van der Waals surface area contributed by atoms with Gasteiger partial charge in [0.05, 0.1) is 6.54 Å². The van der Waals surface area contributed by atoms with E-state index in [0.717, 1.165) is 12.1 Å². The smallest absolute Gasteiger partial charge is 0.330 e. The lowest BCUT2D eigenvalue weighted by Crippen LogP contribution is -2.51. The van der Waals surface area contributed by atoms with Crippen molar-refractivity contribution in [3.63, 3.8) is 0 Å². The van der Waals surface area contributed by atoms with E-state index in [9.17, 15) is 18.8 Å². The van der Waals surface area contributed by atoms with Gasteiger partial charge in [0.1, 0.15) is 11.6 Å². The second-order valence-electron chi connectivity index (χ2n) is 8.28. The number of hydrogen-bond acceptors (Lipinski definition) is 6. The summed E-state index contributed by atoms with van der Waals surface area (Å²) in [7, 11) is 0. The van der Waals surface area contributed by atoms with E-state index in [4.69, 9.17) is 5.73 Å². The van der Waals surface area contributed by atoms with Gasteiger partial charge in [0.25, 0.3) is 5.56 Å². The first-order valence-electron chi connectivity index (χ1n) is 11.5. The topological polar surface area (TPSA) is 108 Å². The Labute approximate surface area is 192 Å². The van der Waals surface area contributed by atoms with Crippen LogP contribution in [-0.2, 0) is 11.3 Å². The monoisotopic (exact) mass is 460 g/mol. The van der Waals surface area contributed by atoms with Crippen molar-refractivity contribution in [1.29, 1.82) is 0 Å². The lowest BCUT2D eigenvalue weighted by atomic mass is 10.2. The van der Waals surface area contributed by atoms with Crippen molar-refractivity contribution in [1.82, 2.24) is 14.5 Å². The molecule has 0 saturated carbocycles. The number of nitrogens with two attached hydrogens (primary N) is 1. The van der Waals surface area contributed by atoms with Gasteiger partial charge >= 0.3 is 5.69 Å². The Bertz CT molecular complexity index is 1060. The summed E-state index contributed by atoms with van der Waals surface area (Å²) >= 11 is 0. The van der Waals surface area contributed by atoms with Crippen molar-refractivity contribution in [3.05, 3.63) is 50.9 Å². The Morgan fingerprint density at radius 1 is 1.09 bits per heavy atom. The van der Waals surface area contributed by atoms with Gasteiger partial charge in [0, 0.05) is 45.0 Å². The van der Waals surface area contributed by atoms with Gasteiger partial charge in [0.2, 0.25) is 5.91 Å². The first kappa shape index (κ1) is 24.5. The van der Waals surface area contributed by atoms with E-state index >= 15 is 0 Å². The summed E-state index contributed by atoms with van der Waals surface area (Å²) in [5.74, 6) is -0.469. The number of aromatic amines is 1. The molecule has 1 fully saturated rings. The van der Waals surface area contributed by atoms with Gasteiger partial charge in [-0.05, 0) is 37.1 Å². The standard InChI is InChI=1S/C23H33FN6O3/c1-3-5-11-29(20-21(25)30(10-4-2)23(33)26-22(20)32)19(31)16-27-12-14-28(15-13-27)18-8-6-17(24)7-9-18/h6-9H,3-5,10-16,25H2,1-2H3,(H,26,32,33). The molecule has 0 bridgehead atoms. The number of aromatic nitrogens is 2. The molecule has 0 radical (unpaired) electrons. The Balaban J connectivity index is 1.74. The second kappa shape index (κ2) is 11.1. The Kier molecular flexibility index (Phi) is 8.26. The van der Waals surface area contributed by atoms with E-state index < -0.39 is 11.2 Å². The Hall–Kier alpha value is -3.14. The lowest BCUT2D eigenvalue weighted by Gasteiger charge is -2.36. The fourth-order valence-corrected chi connectivity index (χ4v) is 4.05. The number of rotatable bonds is 9. The molecule has 1 aliphatic heterocycles. The van der Waals surface area contributed by atoms with Gasteiger partial charge in [0.15, 0.2) is 5.69 Å². The third-order valence-electron chi connectivity index (χ3n) is 5.89. The third kappa shape index (κ3) is 5.81. The van der Waals surface area contributed by atoms with Crippen LogP contribution in [0.4, 0.5) is 21.6 Å². The van der Waals surface area contributed by atoms with Crippen LogP contribution in [0.3, 0.4) is 0 Å². The number of nitrogen functional groups attached to an aromatic ring is 1. The molecule has 0 spiro atoms. The number of piperazine rings is 1. The number of halogens is 1. The van der Waals surface area contributed by atoms with Gasteiger partial charge in [-0.15, -0.1) is 0 Å². The maximum atomic E-state index is 13.3. The number of unbranched alkanes of at least 4 members (excludes halogenated alkanes) is 1. The van der Waals surface area contributed by atoms with E-state index in [1.807, 2.05) is 18.7 Å². The van der Waals surface area contributed by atoms with E-state index in [2.05, 4.69) is 9.88 Å².